The van der Waals surface area contributed by atoms with Gasteiger partial charge in [0.25, 0.3) is 0 Å². The van der Waals surface area contributed by atoms with E-state index in [9.17, 15) is 24.0 Å². The third-order valence-corrected chi connectivity index (χ3v) is 9.35. The quantitative estimate of drug-likeness (QED) is 0.290. The standard InChI is InChI=1S/C24H26N2O6.C14H17NO5/c1-30-20-9-8-17(21(12-20)31-2)13-25-14-18(11-22(25)27)23(28)26-19(15-32-24(26)29)10-16-6-4-3-5-7-16;1-19-11-4-3-9(12(6-11)20-2)7-15-8-10(14(17)18)5-13(15)16/h3-9,12,18-19H,10-11,13-15H2,1-2H3;3-4,6,10H,5,7-8H2,1-2H3,(H,17,18)/t18-,19-;10-/m11/s1. The van der Waals surface area contributed by atoms with E-state index in [2.05, 4.69) is 0 Å². The molecule has 3 aromatic carbocycles. The van der Waals surface area contributed by atoms with Gasteiger partial charge in [-0.15, -0.1) is 0 Å². The fourth-order valence-electron chi connectivity index (χ4n) is 6.52. The van der Waals surface area contributed by atoms with Crippen molar-refractivity contribution in [1.82, 2.24) is 14.7 Å². The van der Waals surface area contributed by atoms with Gasteiger partial charge in [-0.1, -0.05) is 30.3 Å². The summed E-state index contributed by atoms with van der Waals surface area (Å²) < 4.78 is 26.2. The van der Waals surface area contributed by atoms with E-state index in [1.165, 1.54) is 4.90 Å². The minimum absolute atomic E-state index is 0.0633. The molecule has 52 heavy (non-hydrogen) atoms. The van der Waals surface area contributed by atoms with Gasteiger partial charge in [0.1, 0.15) is 29.6 Å². The van der Waals surface area contributed by atoms with Gasteiger partial charge in [0, 0.05) is 62.3 Å². The van der Waals surface area contributed by atoms with Crippen LogP contribution in [0.3, 0.4) is 0 Å². The highest BCUT2D eigenvalue weighted by molar-refractivity contribution is 5.98. The van der Waals surface area contributed by atoms with Crippen LogP contribution in [0, 0.1) is 11.8 Å². The Kier molecular flexibility index (Phi) is 12.2. The summed E-state index contributed by atoms with van der Waals surface area (Å²) in [6, 6.07) is 20.0. The molecule has 3 heterocycles. The third kappa shape index (κ3) is 8.74. The maximum absolute atomic E-state index is 13.2. The second-order valence-corrected chi connectivity index (χ2v) is 12.7. The number of aliphatic carboxylic acids is 1. The summed E-state index contributed by atoms with van der Waals surface area (Å²) in [6.07, 6.45) is 0.0113. The number of carbonyl (C=O) groups is 5. The molecule has 14 nitrogen and oxygen atoms in total. The Hall–Kier alpha value is -5.79. The Morgan fingerprint density at radius 1 is 0.731 bits per heavy atom. The van der Waals surface area contributed by atoms with Crippen LogP contribution in [-0.2, 0) is 43.4 Å². The van der Waals surface area contributed by atoms with Gasteiger partial charge in [-0.3, -0.25) is 19.2 Å². The highest BCUT2D eigenvalue weighted by Crippen LogP contribution is 2.31. The number of ether oxygens (including phenoxy) is 5. The van der Waals surface area contributed by atoms with Crippen LogP contribution in [0.1, 0.15) is 29.5 Å². The number of carboxylic acids is 1. The molecule has 3 fully saturated rings. The topological polar surface area (TPSA) is 161 Å². The van der Waals surface area contributed by atoms with Crippen molar-refractivity contribution >= 4 is 29.8 Å². The Labute approximate surface area is 301 Å². The zero-order valence-corrected chi connectivity index (χ0v) is 29.6. The summed E-state index contributed by atoms with van der Waals surface area (Å²) in [5, 5.41) is 8.96. The lowest BCUT2D eigenvalue weighted by atomic mass is 10.0. The van der Waals surface area contributed by atoms with Crippen LogP contribution >= 0.6 is 0 Å². The predicted octanol–water partition coefficient (Wildman–Crippen LogP) is 3.78. The first-order valence-corrected chi connectivity index (χ1v) is 16.8. The van der Waals surface area contributed by atoms with E-state index >= 15 is 0 Å². The molecule has 1 N–H and O–H groups in total. The molecule has 3 atom stereocenters. The summed E-state index contributed by atoms with van der Waals surface area (Å²) in [6.45, 7) is 1.30. The maximum atomic E-state index is 13.2. The molecular weight excluding hydrogens is 674 g/mol. The number of imide groups is 1. The number of amides is 4. The van der Waals surface area contributed by atoms with Crippen molar-refractivity contribution in [2.45, 2.75) is 38.4 Å². The number of benzene rings is 3. The number of rotatable bonds is 12. The summed E-state index contributed by atoms with van der Waals surface area (Å²) >= 11 is 0. The Bertz CT molecular complexity index is 1780. The molecule has 3 saturated heterocycles. The molecule has 0 aromatic heterocycles. The molecule has 0 aliphatic carbocycles. The zero-order chi connectivity index (χ0) is 37.4. The molecule has 0 saturated carbocycles. The van der Waals surface area contributed by atoms with Crippen LogP contribution in [0.5, 0.6) is 23.0 Å². The van der Waals surface area contributed by atoms with Gasteiger partial charge in [-0.25, -0.2) is 9.69 Å². The summed E-state index contributed by atoms with van der Waals surface area (Å²) in [7, 11) is 6.24. The summed E-state index contributed by atoms with van der Waals surface area (Å²) in [4.78, 5) is 65.3. The molecule has 0 unspecified atom stereocenters. The molecule has 3 aliphatic heterocycles. The van der Waals surface area contributed by atoms with Crippen molar-refractivity contribution < 1.29 is 52.8 Å². The first-order valence-electron chi connectivity index (χ1n) is 16.8. The van der Waals surface area contributed by atoms with E-state index in [-0.39, 0.29) is 56.3 Å². The lowest BCUT2D eigenvalue weighted by Crippen LogP contribution is -2.44. The Morgan fingerprint density at radius 2 is 1.25 bits per heavy atom. The largest absolute Gasteiger partial charge is 0.497 e. The normalized spacial score (nSPS) is 19.6. The van der Waals surface area contributed by atoms with Crippen LogP contribution in [0.2, 0.25) is 0 Å². The van der Waals surface area contributed by atoms with E-state index in [1.54, 1.807) is 62.5 Å². The van der Waals surface area contributed by atoms with E-state index in [0.29, 0.717) is 42.5 Å². The predicted molar refractivity (Wildman–Crippen MR) is 186 cm³/mol. The number of carbonyl (C=O) groups excluding carboxylic acids is 4. The van der Waals surface area contributed by atoms with Crippen molar-refractivity contribution in [3.63, 3.8) is 0 Å². The second kappa shape index (κ2) is 16.9. The molecule has 3 aliphatic rings. The third-order valence-electron chi connectivity index (χ3n) is 9.35. The van der Waals surface area contributed by atoms with Crippen molar-refractivity contribution in [1.29, 1.82) is 0 Å². The fraction of sp³-hybridized carbons (Fsp3) is 0.395. The van der Waals surface area contributed by atoms with Crippen molar-refractivity contribution in [3.05, 3.63) is 83.4 Å². The van der Waals surface area contributed by atoms with Gasteiger partial charge >= 0.3 is 12.1 Å². The van der Waals surface area contributed by atoms with Crippen LogP contribution in [0.4, 0.5) is 4.79 Å². The average Bonchev–Trinajstić information content (AvgIpc) is 3.84. The number of carboxylic acid groups (broad SMARTS) is 1. The molecular formula is C38H43N3O11. The molecule has 0 bridgehead atoms. The number of nitrogens with zero attached hydrogens (tertiary/aromatic N) is 3. The summed E-state index contributed by atoms with van der Waals surface area (Å²) in [5.74, 6) is -0.210. The smallest absolute Gasteiger partial charge is 0.416 e. The minimum atomic E-state index is -0.928. The first kappa shape index (κ1) is 37.5. The van der Waals surface area contributed by atoms with Crippen LogP contribution in [0.25, 0.3) is 0 Å². The highest BCUT2D eigenvalue weighted by atomic mass is 16.6. The van der Waals surface area contributed by atoms with E-state index < -0.39 is 23.9 Å². The van der Waals surface area contributed by atoms with Gasteiger partial charge in [0.15, 0.2) is 0 Å². The molecule has 3 aromatic rings. The Morgan fingerprint density at radius 3 is 1.73 bits per heavy atom. The van der Waals surface area contributed by atoms with Crippen LogP contribution < -0.4 is 18.9 Å². The van der Waals surface area contributed by atoms with Crippen molar-refractivity contribution in [3.8, 4) is 23.0 Å². The molecule has 6 rings (SSSR count). The number of likely N-dealkylation sites (tertiary alicyclic amines) is 2. The molecule has 4 amide bonds. The highest BCUT2D eigenvalue weighted by Gasteiger charge is 2.44. The van der Waals surface area contributed by atoms with Gasteiger partial charge < -0.3 is 38.6 Å². The van der Waals surface area contributed by atoms with Crippen molar-refractivity contribution in [2.75, 3.05) is 48.1 Å². The van der Waals surface area contributed by atoms with Gasteiger partial charge in [-0.2, -0.15) is 0 Å². The first-order chi connectivity index (χ1) is 25.0. The van der Waals surface area contributed by atoms with Crippen molar-refractivity contribution in [2.24, 2.45) is 11.8 Å². The summed E-state index contributed by atoms with van der Waals surface area (Å²) in [5.41, 5.74) is 2.66. The molecule has 0 radical (unpaired) electrons. The molecule has 0 spiro atoms. The van der Waals surface area contributed by atoms with E-state index in [4.69, 9.17) is 28.8 Å². The SMILES string of the molecule is COc1ccc(CN2C[C@H](C(=O)N3C(=O)OC[C@H]3Cc3ccccc3)CC2=O)c(OC)c1.COc1ccc(CN2C[C@H](C(=O)O)CC2=O)c(OC)c1. The monoisotopic (exact) mass is 717 g/mol. The lowest BCUT2D eigenvalue weighted by Gasteiger charge is -2.23. The van der Waals surface area contributed by atoms with Crippen LogP contribution in [-0.4, -0.2) is 104 Å². The fourth-order valence-corrected chi connectivity index (χ4v) is 6.52. The number of cyclic esters (lactones) is 1. The number of methoxy groups -OCH3 is 4. The zero-order valence-electron chi connectivity index (χ0n) is 29.6. The van der Waals surface area contributed by atoms with Gasteiger partial charge in [0.2, 0.25) is 17.7 Å². The Balaban J connectivity index is 0.000000225. The van der Waals surface area contributed by atoms with Gasteiger partial charge in [0.05, 0.1) is 46.3 Å². The second-order valence-electron chi connectivity index (χ2n) is 12.7. The number of hydrogen-bond donors (Lipinski definition) is 1. The molecule has 14 heteroatoms. The van der Waals surface area contributed by atoms with E-state index in [1.807, 2.05) is 42.5 Å². The maximum Gasteiger partial charge on any atom is 0.416 e. The van der Waals surface area contributed by atoms with E-state index in [0.717, 1.165) is 16.7 Å². The number of hydrogen-bond acceptors (Lipinski definition) is 10. The molecule has 276 valence electrons. The van der Waals surface area contributed by atoms with Crippen LogP contribution in [0.15, 0.2) is 66.7 Å². The average molecular weight is 718 g/mol. The van der Waals surface area contributed by atoms with Gasteiger partial charge in [-0.05, 0) is 36.2 Å². The lowest BCUT2D eigenvalue weighted by molar-refractivity contribution is -0.141. The minimum Gasteiger partial charge on any atom is -0.497 e.